The number of anilines is 2. The molecule has 2 aromatic carbocycles. The number of nitrogens with one attached hydrogen (secondary N) is 1. The van der Waals surface area contributed by atoms with E-state index < -0.39 is 0 Å². The molecule has 1 amide bonds. The fourth-order valence-electron chi connectivity index (χ4n) is 1.73. The van der Waals surface area contributed by atoms with E-state index in [9.17, 15) is 4.79 Å². The third-order valence-corrected chi connectivity index (χ3v) is 3.44. The lowest BCUT2D eigenvalue weighted by molar-refractivity contribution is -0.118. The topological polar surface area (TPSA) is 64.3 Å². The highest BCUT2D eigenvalue weighted by Crippen LogP contribution is 2.32. The monoisotopic (exact) mass is 324 g/mol. The minimum atomic E-state index is -0.286. The highest BCUT2D eigenvalue weighted by atomic mass is 35.5. The van der Waals surface area contributed by atoms with Crippen molar-refractivity contribution < 1.29 is 9.53 Å². The molecular weight excluding hydrogens is 311 g/mol. The van der Waals surface area contributed by atoms with Crippen LogP contribution in [0.3, 0.4) is 0 Å². The quantitative estimate of drug-likeness (QED) is 0.838. The predicted octanol–water partition coefficient (Wildman–Crippen LogP) is 3.90. The van der Waals surface area contributed by atoms with Gasteiger partial charge in [0.25, 0.3) is 5.91 Å². The molecule has 0 aliphatic heterocycles. The number of benzene rings is 2. The molecule has 2 rings (SSSR count). The number of carbonyl (C=O) groups is 1. The summed E-state index contributed by atoms with van der Waals surface area (Å²) in [6.07, 6.45) is 0. The fraction of sp³-hybridized carbons (Fsp3) is 0.133. The van der Waals surface area contributed by atoms with Crippen LogP contribution in [-0.4, -0.2) is 12.5 Å². The van der Waals surface area contributed by atoms with E-state index in [0.717, 1.165) is 5.56 Å². The number of carbonyl (C=O) groups excluding carboxylic acids is 1. The lowest BCUT2D eigenvalue weighted by Crippen LogP contribution is -2.20. The molecule has 0 radical (unpaired) electrons. The van der Waals surface area contributed by atoms with Crippen LogP contribution in [0.25, 0.3) is 0 Å². The summed E-state index contributed by atoms with van der Waals surface area (Å²) < 4.78 is 5.36. The molecule has 0 heterocycles. The summed E-state index contributed by atoms with van der Waals surface area (Å²) >= 11 is 11.7. The van der Waals surface area contributed by atoms with Gasteiger partial charge in [0, 0.05) is 11.8 Å². The Labute approximate surface area is 132 Å². The van der Waals surface area contributed by atoms with Gasteiger partial charge in [0.05, 0.1) is 15.7 Å². The van der Waals surface area contributed by atoms with Crippen molar-refractivity contribution in [1.29, 1.82) is 0 Å². The summed E-state index contributed by atoms with van der Waals surface area (Å²) in [5.41, 5.74) is 7.85. The SMILES string of the molecule is Cc1cccc(NC(=O)COc2cc(Cl)c(Cl)cc2N)c1. The summed E-state index contributed by atoms with van der Waals surface area (Å²) in [4.78, 5) is 11.8. The van der Waals surface area contributed by atoms with Crippen molar-refractivity contribution in [2.45, 2.75) is 6.92 Å². The van der Waals surface area contributed by atoms with Crippen molar-refractivity contribution in [3.05, 3.63) is 52.0 Å². The molecule has 3 N–H and O–H groups in total. The van der Waals surface area contributed by atoms with Crippen molar-refractivity contribution in [3.8, 4) is 5.75 Å². The first-order chi connectivity index (χ1) is 9.95. The van der Waals surface area contributed by atoms with Crippen molar-refractivity contribution in [2.75, 3.05) is 17.7 Å². The summed E-state index contributed by atoms with van der Waals surface area (Å²) in [6, 6.07) is 10.5. The van der Waals surface area contributed by atoms with Crippen molar-refractivity contribution in [3.63, 3.8) is 0 Å². The Kier molecular flexibility index (Phi) is 4.94. The first-order valence-electron chi connectivity index (χ1n) is 6.19. The van der Waals surface area contributed by atoms with Crippen LogP contribution in [0.4, 0.5) is 11.4 Å². The smallest absolute Gasteiger partial charge is 0.262 e. The Bertz CT molecular complexity index is 675. The molecule has 0 unspecified atom stereocenters. The maximum absolute atomic E-state index is 11.8. The second-order valence-corrected chi connectivity index (χ2v) is 5.32. The van der Waals surface area contributed by atoms with Crippen LogP contribution in [-0.2, 0) is 4.79 Å². The van der Waals surface area contributed by atoms with E-state index in [1.165, 1.54) is 12.1 Å². The zero-order valence-corrected chi connectivity index (χ0v) is 12.8. The van der Waals surface area contributed by atoms with Crippen LogP contribution in [0.5, 0.6) is 5.75 Å². The molecule has 0 aliphatic carbocycles. The van der Waals surface area contributed by atoms with Crippen LogP contribution in [0, 0.1) is 6.92 Å². The van der Waals surface area contributed by atoms with Gasteiger partial charge in [-0.25, -0.2) is 0 Å². The summed E-state index contributed by atoms with van der Waals surface area (Å²) in [5.74, 6) is 0.0369. The number of amides is 1. The van der Waals surface area contributed by atoms with Gasteiger partial charge in [0.1, 0.15) is 5.75 Å². The predicted molar refractivity (Wildman–Crippen MR) is 86.2 cm³/mol. The molecule has 6 heteroatoms. The minimum absolute atomic E-state index is 0.171. The Balaban J connectivity index is 1.97. The highest BCUT2D eigenvalue weighted by Gasteiger charge is 2.09. The minimum Gasteiger partial charge on any atom is -0.482 e. The normalized spacial score (nSPS) is 10.2. The number of nitrogen functional groups attached to an aromatic ring is 1. The summed E-state index contributed by atoms with van der Waals surface area (Å²) in [5, 5.41) is 3.39. The molecule has 0 atom stereocenters. The number of halogens is 2. The molecule has 0 aliphatic rings. The third-order valence-electron chi connectivity index (χ3n) is 2.71. The van der Waals surface area contributed by atoms with Gasteiger partial charge in [-0.3, -0.25) is 4.79 Å². The van der Waals surface area contributed by atoms with Crippen LogP contribution in [0.15, 0.2) is 36.4 Å². The van der Waals surface area contributed by atoms with E-state index in [1.807, 2.05) is 25.1 Å². The lowest BCUT2D eigenvalue weighted by Gasteiger charge is -2.10. The van der Waals surface area contributed by atoms with Crippen molar-refractivity contribution in [2.24, 2.45) is 0 Å². The van der Waals surface area contributed by atoms with E-state index in [4.69, 9.17) is 33.7 Å². The Morgan fingerprint density at radius 2 is 1.95 bits per heavy atom. The van der Waals surface area contributed by atoms with Crippen LogP contribution >= 0.6 is 23.2 Å². The van der Waals surface area contributed by atoms with Gasteiger partial charge in [-0.1, -0.05) is 35.3 Å². The molecule has 4 nitrogen and oxygen atoms in total. The number of ether oxygens (including phenoxy) is 1. The van der Waals surface area contributed by atoms with Gasteiger partial charge in [-0.15, -0.1) is 0 Å². The third kappa shape index (κ3) is 4.28. The first-order valence-corrected chi connectivity index (χ1v) is 6.95. The average Bonchev–Trinajstić information content (AvgIpc) is 2.41. The highest BCUT2D eigenvalue weighted by molar-refractivity contribution is 6.42. The number of hydrogen-bond donors (Lipinski definition) is 2. The largest absolute Gasteiger partial charge is 0.482 e. The van der Waals surface area contributed by atoms with Crippen LogP contribution in [0.2, 0.25) is 10.0 Å². The maximum Gasteiger partial charge on any atom is 0.262 e. The molecule has 0 spiro atoms. The molecule has 0 saturated carbocycles. The Morgan fingerprint density at radius 1 is 1.24 bits per heavy atom. The molecule has 2 aromatic rings. The first kappa shape index (κ1) is 15.5. The van der Waals surface area contributed by atoms with E-state index in [2.05, 4.69) is 5.32 Å². The maximum atomic E-state index is 11.8. The number of aryl methyl sites for hydroxylation is 1. The van der Waals surface area contributed by atoms with E-state index in [-0.39, 0.29) is 12.5 Å². The number of rotatable bonds is 4. The Morgan fingerprint density at radius 3 is 2.67 bits per heavy atom. The standard InChI is InChI=1S/C15H14Cl2N2O2/c1-9-3-2-4-10(5-9)19-15(20)8-21-14-7-12(17)11(16)6-13(14)18/h2-7H,8,18H2,1H3,(H,19,20). The zero-order valence-electron chi connectivity index (χ0n) is 11.3. The number of nitrogens with two attached hydrogens (primary N) is 1. The van der Waals surface area contributed by atoms with Gasteiger partial charge < -0.3 is 15.8 Å². The van der Waals surface area contributed by atoms with Crippen LogP contribution < -0.4 is 15.8 Å². The average molecular weight is 325 g/mol. The molecule has 21 heavy (non-hydrogen) atoms. The second kappa shape index (κ2) is 6.70. The van der Waals surface area contributed by atoms with Gasteiger partial charge in [0.2, 0.25) is 0 Å². The molecule has 0 aromatic heterocycles. The van der Waals surface area contributed by atoms with Gasteiger partial charge in [-0.2, -0.15) is 0 Å². The molecular formula is C15H14Cl2N2O2. The fourth-order valence-corrected chi connectivity index (χ4v) is 2.06. The lowest BCUT2D eigenvalue weighted by atomic mass is 10.2. The van der Waals surface area contributed by atoms with Gasteiger partial charge in [0.15, 0.2) is 6.61 Å². The van der Waals surface area contributed by atoms with Crippen molar-refractivity contribution >= 4 is 40.5 Å². The van der Waals surface area contributed by atoms with Gasteiger partial charge in [-0.05, 0) is 30.7 Å². The zero-order chi connectivity index (χ0) is 15.4. The molecule has 110 valence electrons. The van der Waals surface area contributed by atoms with Crippen LogP contribution in [0.1, 0.15) is 5.56 Å². The van der Waals surface area contributed by atoms with Gasteiger partial charge >= 0.3 is 0 Å². The summed E-state index contributed by atoms with van der Waals surface area (Å²) in [7, 11) is 0. The van der Waals surface area contributed by atoms with Crippen molar-refractivity contribution in [1.82, 2.24) is 0 Å². The second-order valence-electron chi connectivity index (χ2n) is 4.51. The van der Waals surface area contributed by atoms with E-state index in [0.29, 0.717) is 27.2 Å². The Hall–Kier alpha value is -1.91. The molecule has 0 saturated heterocycles. The molecule has 0 bridgehead atoms. The molecule has 0 fully saturated rings. The van der Waals surface area contributed by atoms with E-state index in [1.54, 1.807) is 6.07 Å². The van der Waals surface area contributed by atoms with E-state index >= 15 is 0 Å². The summed E-state index contributed by atoms with van der Waals surface area (Å²) in [6.45, 7) is 1.78. The number of hydrogen-bond acceptors (Lipinski definition) is 3.